The fraction of sp³-hybridized carbons (Fsp3) is 0.250. The van der Waals surface area contributed by atoms with Gasteiger partial charge in [-0.3, -0.25) is 0 Å². The van der Waals surface area contributed by atoms with Crippen LogP contribution in [0.4, 0.5) is 0 Å². The third-order valence-electron chi connectivity index (χ3n) is 2.44. The monoisotopic (exact) mass is 251 g/mol. The fourth-order valence-corrected chi connectivity index (χ4v) is 1.85. The number of benzene rings is 1. The van der Waals surface area contributed by atoms with Crippen molar-refractivity contribution < 1.29 is 4.74 Å². The van der Waals surface area contributed by atoms with Crippen molar-refractivity contribution in [3.05, 3.63) is 35.1 Å². The highest BCUT2D eigenvalue weighted by Crippen LogP contribution is 2.29. The molecule has 0 aliphatic rings. The highest BCUT2D eigenvalue weighted by atomic mass is 35.5. The van der Waals surface area contributed by atoms with Crippen LogP contribution < -0.4 is 10.1 Å². The van der Waals surface area contributed by atoms with Gasteiger partial charge in [0.05, 0.1) is 18.4 Å². The standard InChI is InChI=1S/C12H14ClN3O/c1-14-7-9-11(13)16-12(15-9)8-5-3-4-6-10(8)17-2/h3-6,14H,7H2,1-2H3,(H,15,16). The highest BCUT2D eigenvalue weighted by molar-refractivity contribution is 6.30. The van der Waals surface area contributed by atoms with E-state index in [4.69, 9.17) is 16.3 Å². The zero-order valence-electron chi connectivity index (χ0n) is 9.75. The molecule has 0 atom stereocenters. The van der Waals surface area contributed by atoms with Crippen LogP contribution in [0.25, 0.3) is 11.4 Å². The van der Waals surface area contributed by atoms with Crippen molar-refractivity contribution in [3.8, 4) is 17.1 Å². The minimum Gasteiger partial charge on any atom is -0.496 e. The van der Waals surface area contributed by atoms with Gasteiger partial charge in [-0.2, -0.15) is 0 Å². The Morgan fingerprint density at radius 2 is 2.18 bits per heavy atom. The maximum Gasteiger partial charge on any atom is 0.152 e. The van der Waals surface area contributed by atoms with E-state index in [1.54, 1.807) is 7.11 Å². The lowest BCUT2D eigenvalue weighted by molar-refractivity contribution is 0.416. The Labute approximate surface area is 105 Å². The average Bonchev–Trinajstić information content (AvgIpc) is 2.71. The largest absolute Gasteiger partial charge is 0.496 e. The lowest BCUT2D eigenvalue weighted by Gasteiger charge is -2.04. The number of aromatic nitrogens is 2. The molecule has 0 bridgehead atoms. The van der Waals surface area contributed by atoms with Crippen LogP contribution in [0.5, 0.6) is 5.75 Å². The Morgan fingerprint density at radius 3 is 2.88 bits per heavy atom. The van der Waals surface area contributed by atoms with Gasteiger partial charge in [-0.05, 0) is 19.2 Å². The van der Waals surface area contributed by atoms with Crippen LogP contribution in [0.1, 0.15) is 5.69 Å². The highest BCUT2D eigenvalue weighted by Gasteiger charge is 2.12. The van der Waals surface area contributed by atoms with Crippen molar-refractivity contribution in [1.82, 2.24) is 15.3 Å². The number of methoxy groups -OCH3 is 1. The molecule has 0 spiro atoms. The van der Waals surface area contributed by atoms with Gasteiger partial charge in [-0.25, -0.2) is 4.98 Å². The molecular weight excluding hydrogens is 238 g/mol. The second-order valence-corrected chi connectivity index (χ2v) is 3.94. The number of imidazole rings is 1. The molecule has 0 radical (unpaired) electrons. The predicted molar refractivity (Wildman–Crippen MR) is 68.3 cm³/mol. The second kappa shape index (κ2) is 5.21. The van der Waals surface area contributed by atoms with Gasteiger partial charge in [0.2, 0.25) is 0 Å². The van der Waals surface area contributed by atoms with Crippen LogP contribution in [-0.2, 0) is 6.54 Å². The summed E-state index contributed by atoms with van der Waals surface area (Å²) in [6.45, 7) is 0.654. The molecule has 0 aliphatic heterocycles. The Balaban J connectivity index is 2.42. The quantitative estimate of drug-likeness (QED) is 0.878. The van der Waals surface area contributed by atoms with E-state index in [1.807, 2.05) is 31.3 Å². The number of nitrogens with zero attached hydrogens (tertiary/aromatic N) is 1. The topological polar surface area (TPSA) is 49.9 Å². The molecular formula is C12H14ClN3O. The Hall–Kier alpha value is -1.52. The third-order valence-corrected chi connectivity index (χ3v) is 2.76. The summed E-state index contributed by atoms with van der Waals surface area (Å²) in [5.41, 5.74) is 1.77. The summed E-state index contributed by atoms with van der Waals surface area (Å²) in [5, 5.41) is 3.52. The first kappa shape index (κ1) is 12.0. The van der Waals surface area contributed by atoms with E-state index in [-0.39, 0.29) is 0 Å². The van der Waals surface area contributed by atoms with E-state index in [0.29, 0.717) is 11.7 Å². The number of rotatable bonds is 4. The third kappa shape index (κ3) is 2.43. The van der Waals surface area contributed by atoms with E-state index < -0.39 is 0 Å². The summed E-state index contributed by atoms with van der Waals surface area (Å²) in [4.78, 5) is 7.49. The minimum atomic E-state index is 0.486. The first-order valence-corrected chi connectivity index (χ1v) is 5.66. The summed E-state index contributed by atoms with van der Waals surface area (Å²) < 4.78 is 5.29. The van der Waals surface area contributed by atoms with E-state index in [1.165, 1.54) is 0 Å². The smallest absolute Gasteiger partial charge is 0.152 e. The van der Waals surface area contributed by atoms with Crippen LogP contribution >= 0.6 is 11.6 Å². The normalized spacial score (nSPS) is 10.5. The molecule has 2 rings (SSSR count). The number of hydrogen-bond acceptors (Lipinski definition) is 3. The molecule has 0 amide bonds. The maximum atomic E-state index is 6.05. The van der Waals surface area contributed by atoms with Crippen molar-refractivity contribution >= 4 is 11.6 Å². The summed E-state index contributed by atoms with van der Waals surface area (Å²) >= 11 is 6.05. The average molecular weight is 252 g/mol. The number of para-hydroxylation sites is 1. The van der Waals surface area contributed by atoms with Crippen LogP contribution in [0.2, 0.25) is 5.15 Å². The predicted octanol–water partition coefficient (Wildman–Crippen LogP) is 2.46. The molecule has 90 valence electrons. The van der Waals surface area contributed by atoms with Crippen molar-refractivity contribution in [2.75, 3.05) is 14.2 Å². The zero-order chi connectivity index (χ0) is 12.3. The summed E-state index contributed by atoms with van der Waals surface area (Å²) in [6, 6.07) is 7.69. The molecule has 2 N–H and O–H groups in total. The van der Waals surface area contributed by atoms with Crippen LogP contribution in [0.3, 0.4) is 0 Å². The lowest BCUT2D eigenvalue weighted by Crippen LogP contribution is -2.05. The first-order valence-electron chi connectivity index (χ1n) is 5.28. The molecule has 1 aromatic carbocycles. The molecule has 1 heterocycles. The second-order valence-electron chi connectivity index (χ2n) is 3.59. The van der Waals surface area contributed by atoms with Gasteiger partial charge in [0.1, 0.15) is 11.6 Å². The van der Waals surface area contributed by atoms with Crippen molar-refractivity contribution in [1.29, 1.82) is 0 Å². The van der Waals surface area contributed by atoms with Gasteiger partial charge >= 0.3 is 0 Å². The van der Waals surface area contributed by atoms with Crippen molar-refractivity contribution in [3.63, 3.8) is 0 Å². The molecule has 4 nitrogen and oxygen atoms in total. The number of hydrogen-bond donors (Lipinski definition) is 2. The van der Waals surface area contributed by atoms with Crippen LogP contribution in [0.15, 0.2) is 24.3 Å². The minimum absolute atomic E-state index is 0.486. The zero-order valence-corrected chi connectivity index (χ0v) is 10.5. The number of ether oxygens (including phenoxy) is 1. The molecule has 17 heavy (non-hydrogen) atoms. The van der Waals surface area contributed by atoms with E-state index in [2.05, 4.69) is 15.3 Å². The molecule has 0 aliphatic carbocycles. The SMILES string of the molecule is CNCc1[nH]c(-c2ccccc2OC)nc1Cl. The van der Waals surface area contributed by atoms with E-state index in [0.717, 1.165) is 22.8 Å². The van der Waals surface area contributed by atoms with Crippen molar-refractivity contribution in [2.24, 2.45) is 0 Å². The Kier molecular flexibility index (Phi) is 3.66. The summed E-state index contributed by atoms with van der Waals surface area (Å²) in [5.74, 6) is 1.49. The van der Waals surface area contributed by atoms with Gasteiger partial charge in [0.15, 0.2) is 5.15 Å². The molecule has 1 aromatic heterocycles. The molecule has 0 saturated heterocycles. The van der Waals surface area contributed by atoms with Crippen LogP contribution in [-0.4, -0.2) is 24.1 Å². The van der Waals surface area contributed by atoms with Gasteiger partial charge in [0.25, 0.3) is 0 Å². The van der Waals surface area contributed by atoms with Crippen LogP contribution in [0, 0.1) is 0 Å². The molecule has 5 heteroatoms. The van der Waals surface area contributed by atoms with Crippen molar-refractivity contribution in [2.45, 2.75) is 6.54 Å². The molecule has 0 fully saturated rings. The van der Waals surface area contributed by atoms with Gasteiger partial charge in [-0.1, -0.05) is 23.7 Å². The van der Waals surface area contributed by atoms with Gasteiger partial charge < -0.3 is 15.0 Å². The van der Waals surface area contributed by atoms with Gasteiger partial charge in [0, 0.05) is 6.54 Å². The first-order chi connectivity index (χ1) is 8.26. The van der Waals surface area contributed by atoms with E-state index >= 15 is 0 Å². The summed E-state index contributed by atoms with van der Waals surface area (Å²) in [6.07, 6.45) is 0. The number of nitrogens with one attached hydrogen (secondary N) is 2. The Bertz CT molecular complexity index is 510. The maximum absolute atomic E-state index is 6.05. The Morgan fingerprint density at radius 1 is 1.41 bits per heavy atom. The summed E-state index contributed by atoms with van der Waals surface area (Å²) in [7, 11) is 3.50. The lowest BCUT2D eigenvalue weighted by atomic mass is 10.2. The fourth-order valence-electron chi connectivity index (χ4n) is 1.65. The number of aromatic amines is 1. The number of H-pyrrole nitrogens is 1. The van der Waals surface area contributed by atoms with E-state index in [9.17, 15) is 0 Å². The van der Waals surface area contributed by atoms with Gasteiger partial charge in [-0.15, -0.1) is 0 Å². The molecule has 0 unspecified atom stereocenters. The number of halogens is 1. The molecule has 2 aromatic rings. The molecule has 0 saturated carbocycles.